The van der Waals surface area contributed by atoms with Gasteiger partial charge in [0.25, 0.3) is 0 Å². The van der Waals surface area contributed by atoms with Gasteiger partial charge in [0, 0.05) is 22.7 Å². The summed E-state index contributed by atoms with van der Waals surface area (Å²) in [5.41, 5.74) is -0.0385. The molecule has 3 nitrogen and oxygen atoms in total. The fraction of sp³-hybridized carbons (Fsp3) is 0.0588. The molecule has 0 saturated heterocycles. The summed E-state index contributed by atoms with van der Waals surface area (Å²) in [6.45, 7) is 0. The van der Waals surface area contributed by atoms with Crippen molar-refractivity contribution in [3.05, 3.63) is 71.4 Å². The van der Waals surface area contributed by atoms with Crippen LogP contribution >= 0.6 is 0 Å². The van der Waals surface area contributed by atoms with Gasteiger partial charge in [-0.3, -0.25) is 9.59 Å². The Morgan fingerprint density at radius 2 is 1.52 bits per heavy atom. The number of Topliss-reactive ketones (excluding diaryl/α,β-unsaturated/α-hetero) is 2. The second-order valence-corrected chi connectivity index (χ2v) is 4.98. The lowest BCUT2D eigenvalue weighted by molar-refractivity contribution is -0.137. The highest BCUT2D eigenvalue weighted by Crippen LogP contribution is 2.29. The van der Waals surface area contributed by atoms with Crippen LogP contribution in [0.15, 0.2) is 54.7 Å². The first-order valence-corrected chi connectivity index (χ1v) is 6.70. The van der Waals surface area contributed by atoms with Crippen molar-refractivity contribution < 1.29 is 22.8 Å². The number of para-hydroxylation sites is 1. The fourth-order valence-corrected chi connectivity index (χ4v) is 2.32. The first kappa shape index (κ1) is 15.0. The zero-order chi connectivity index (χ0) is 16.6. The maximum Gasteiger partial charge on any atom is 0.416 e. The van der Waals surface area contributed by atoms with Gasteiger partial charge in [0.05, 0.1) is 11.1 Å². The Balaban J connectivity index is 1.92. The van der Waals surface area contributed by atoms with Gasteiger partial charge >= 0.3 is 6.18 Å². The molecular weight excluding hydrogens is 307 g/mol. The molecule has 0 spiro atoms. The molecule has 1 aromatic heterocycles. The molecular formula is C17H10F3NO2. The van der Waals surface area contributed by atoms with Crippen LogP contribution in [0.25, 0.3) is 10.9 Å². The summed E-state index contributed by atoms with van der Waals surface area (Å²) in [5.74, 6) is -1.61. The molecule has 0 aliphatic rings. The number of ketones is 2. The number of rotatable bonds is 3. The highest BCUT2D eigenvalue weighted by molar-refractivity contribution is 6.50. The number of alkyl halides is 3. The van der Waals surface area contributed by atoms with Crippen LogP contribution in [0.2, 0.25) is 0 Å². The number of aromatic amines is 1. The number of hydrogen-bond donors (Lipinski definition) is 1. The molecule has 3 rings (SSSR count). The highest BCUT2D eigenvalue weighted by atomic mass is 19.4. The number of hydrogen-bond acceptors (Lipinski definition) is 2. The minimum absolute atomic E-state index is 0.0757. The van der Waals surface area contributed by atoms with Gasteiger partial charge in [-0.15, -0.1) is 0 Å². The van der Waals surface area contributed by atoms with Gasteiger partial charge < -0.3 is 4.98 Å². The number of H-pyrrole nitrogens is 1. The minimum Gasteiger partial charge on any atom is -0.360 e. The van der Waals surface area contributed by atoms with E-state index in [2.05, 4.69) is 4.98 Å². The third-order valence-corrected chi connectivity index (χ3v) is 3.51. The smallest absolute Gasteiger partial charge is 0.360 e. The molecule has 2 aromatic carbocycles. The first-order chi connectivity index (χ1) is 10.9. The number of fused-ring (bicyclic) bond motifs is 1. The van der Waals surface area contributed by atoms with Gasteiger partial charge in [-0.2, -0.15) is 13.2 Å². The number of aromatic nitrogens is 1. The highest BCUT2D eigenvalue weighted by Gasteiger charge is 2.30. The van der Waals surface area contributed by atoms with Crippen LogP contribution < -0.4 is 0 Å². The Morgan fingerprint density at radius 1 is 0.870 bits per heavy atom. The van der Waals surface area contributed by atoms with E-state index < -0.39 is 23.3 Å². The second kappa shape index (κ2) is 5.39. The molecule has 0 aliphatic heterocycles. The molecule has 0 saturated carbocycles. The van der Waals surface area contributed by atoms with Gasteiger partial charge in [0.15, 0.2) is 0 Å². The quantitative estimate of drug-likeness (QED) is 0.580. The summed E-state index contributed by atoms with van der Waals surface area (Å²) in [7, 11) is 0. The molecule has 0 amide bonds. The lowest BCUT2D eigenvalue weighted by Gasteiger charge is -2.06. The molecule has 1 heterocycles. The van der Waals surface area contributed by atoms with Crippen LogP contribution in [0.1, 0.15) is 26.3 Å². The summed E-state index contributed by atoms with van der Waals surface area (Å²) >= 11 is 0. The van der Waals surface area contributed by atoms with Crippen LogP contribution in [0, 0.1) is 0 Å². The van der Waals surface area contributed by atoms with Gasteiger partial charge in [-0.05, 0) is 18.2 Å². The van der Waals surface area contributed by atoms with E-state index in [0.29, 0.717) is 10.9 Å². The molecule has 3 aromatic rings. The maximum absolute atomic E-state index is 12.5. The zero-order valence-electron chi connectivity index (χ0n) is 11.6. The summed E-state index contributed by atoms with van der Waals surface area (Å²) < 4.78 is 37.6. The average Bonchev–Trinajstić information content (AvgIpc) is 2.97. The molecule has 0 bridgehead atoms. The van der Waals surface area contributed by atoms with E-state index in [0.717, 1.165) is 24.3 Å². The molecule has 6 heteroatoms. The van der Waals surface area contributed by atoms with E-state index in [1.54, 1.807) is 24.3 Å². The van der Waals surface area contributed by atoms with Crippen LogP contribution in [0.4, 0.5) is 13.2 Å². The van der Waals surface area contributed by atoms with Crippen molar-refractivity contribution in [3.63, 3.8) is 0 Å². The van der Waals surface area contributed by atoms with Crippen LogP contribution in [0.3, 0.4) is 0 Å². The van der Waals surface area contributed by atoms with E-state index in [1.807, 2.05) is 0 Å². The Labute approximate surface area is 128 Å². The number of nitrogens with one attached hydrogen (secondary N) is 1. The van der Waals surface area contributed by atoms with E-state index >= 15 is 0 Å². The van der Waals surface area contributed by atoms with Crippen molar-refractivity contribution in [1.29, 1.82) is 0 Å². The average molecular weight is 317 g/mol. The molecule has 23 heavy (non-hydrogen) atoms. The van der Waals surface area contributed by atoms with Crippen LogP contribution in [0.5, 0.6) is 0 Å². The lowest BCUT2D eigenvalue weighted by atomic mass is 10.00. The van der Waals surface area contributed by atoms with Gasteiger partial charge in [0.2, 0.25) is 11.6 Å². The van der Waals surface area contributed by atoms with Gasteiger partial charge in [0.1, 0.15) is 0 Å². The Hall–Kier alpha value is -2.89. The van der Waals surface area contributed by atoms with Crippen molar-refractivity contribution in [2.75, 3.05) is 0 Å². The SMILES string of the molecule is O=C(C(=O)c1c[nH]c2ccccc12)c1ccc(C(F)(F)F)cc1. The third kappa shape index (κ3) is 2.75. The van der Waals surface area contributed by atoms with Crippen LogP contribution in [-0.2, 0) is 6.18 Å². The lowest BCUT2D eigenvalue weighted by Crippen LogP contribution is -2.14. The normalized spacial score (nSPS) is 11.6. The summed E-state index contributed by atoms with van der Waals surface area (Å²) in [6, 6.07) is 10.6. The van der Waals surface area contributed by atoms with E-state index in [4.69, 9.17) is 0 Å². The van der Waals surface area contributed by atoms with E-state index in [1.165, 1.54) is 6.20 Å². The molecule has 0 radical (unpaired) electrons. The Kier molecular flexibility index (Phi) is 3.52. The molecule has 0 fully saturated rings. The summed E-state index contributed by atoms with van der Waals surface area (Å²) in [5, 5.41) is 0.595. The predicted molar refractivity (Wildman–Crippen MR) is 78.4 cm³/mol. The largest absolute Gasteiger partial charge is 0.416 e. The molecule has 0 aliphatic carbocycles. The number of carbonyl (C=O) groups is 2. The maximum atomic E-state index is 12.5. The number of benzene rings is 2. The zero-order valence-corrected chi connectivity index (χ0v) is 11.6. The molecule has 1 N–H and O–H groups in total. The third-order valence-electron chi connectivity index (χ3n) is 3.51. The van der Waals surface area contributed by atoms with E-state index in [9.17, 15) is 22.8 Å². The molecule has 116 valence electrons. The topological polar surface area (TPSA) is 49.9 Å². The van der Waals surface area contributed by atoms with Crippen molar-refractivity contribution in [2.45, 2.75) is 6.18 Å². The van der Waals surface area contributed by atoms with Gasteiger partial charge in [-0.1, -0.05) is 30.3 Å². The first-order valence-electron chi connectivity index (χ1n) is 6.70. The fourth-order valence-electron chi connectivity index (χ4n) is 2.32. The minimum atomic E-state index is -4.48. The number of carbonyl (C=O) groups excluding carboxylic acids is 2. The van der Waals surface area contributed by atoms with Crippen molar-refractivity contribution in [2.24, 2.45) is 0 Å². The van der Waals surface area contributed by atoms with E-state index in [-0.39, 0.29) is 11.1 Å². The van der Waals surface area contributed by atoms with Gasteiger partial charge in [-0.25, -0.2) is 0 Å². The monoisotopic (exact) mass is 317 g/mol. The Bertz CT molecular complexity index is 892. The summed E-state index contributed by atoms with van der Waals surface area (Å²) in [4.78, 5) is 27.4. The van der Waals surface area contributed by atoms with Crippen LogP contribution in [-0.4, -0.2) is 16.6 Å². The molecule has 0 unspecified atom stereocenters. The number of halogens is 3. The Morgan fingerprint density at radius 3 is 2.17 bits per heavy atom. The summed E-state index contributed by atoms with van der Waals surface area (Å²) in [6.07, 6.45) is -3.06. The molecule has 0 atom stereocenters. The second-order valence-electron chi connectivity index (χ2n) is 4.98. The van der Waals surface area contributed by atoms with Crippen molar-refractivity contribution in [3.8, 4) is 0 Å². The standard InChI is InChI=1S/C17H10F3NO2/c18-17(19,20)11-7-5-10(6-8-11)15(22)16(23)13-9-21-14-4-2-1-3-12(13)14/h1-9,21H. The van der Waals surface area contributed by atoms with Crippen molar-refractivity contribution in [1.82, 2.24) is 4.98 Å². The van der Waals surface area contributed by atoms with Crippen molar-refractivity contribution >= 4 is 22.5 Å². The predicted octanol–water partition coefficient (Wildman–Crippen LogP) is 4.25.